The molecule has 1 fully saturated rings. The van der Waals surface area contributed by atoms with Gasteiger partial charge in [0.2, 0.25) is 0 Å². The van der Waals surface area contributed by atoms with Gasteiger partial charge < -0.3 is 10.0 Å². The Morgan fingerprint density at radius 2 is 1.76 bits per heavy atom. The monoisotopic (exact) mass is 241 g/mol. The molecule has 1 rings (SSSR count). The number of aliphatic hydroxyl groups is 1. The Morgan fingerprint density at radius 3 is 2.41 bits per heavy atom. The highest BCUT2D eigenvalue weighted by Crippen LogP contribution is 2.28. The van der Waals surface area contributed by atoms with Crippen LogP contribution in [0.3, 0.4) is 0 Å². The molecule has 2 heteroatoms. The molecular weight excluding hydrogens is 210 g/mol. The van der Waals surface area contributed by atoms with Crippen LogP contribution in [0.25, 0.3) is 0 Å². The van der Waals surface area contributed by atoms with Crippen LogP contribution in [0, 0.1) is 5.92 Å². The van der Waals surface area contributed by atoms with Gasteiger partial charge in [0.25, 0.3) is 0 Å². The summed E-state index contributed by atoms with van der Waals surface area (Å²) < 4.78 is 0. The van der Waals surface area contributed by atoms with Gasteiger partial charge in [0, 0.05) is 12.6 Å². The Hall–Kier alpha value is -0.0800. The molecule has 0 heterocycles. The molecule has 0 spiro atoms. The van der Waals surface area contributed by atoms with Crippen molar-refractivity contribution in [1.82, 2.24) is 4.90 Å². The molecule has 1 N–H and O–H groups in total. The molecule has 2 unspecified atom stereocenters. The van der Waals surface area contributed by atoms with Crippen LogP contribution in [0.2, 0.25) is 0 Å². The third kappa shape index (κ3) is 5.39. The summed E-state index contributed by atoms with van der Waals surface area (Å²) in [6, 6.07) is 0.814. The van der Waals surface area contributed by atoms with Crippen molar-refractivity contribution in [2.75, 3.05) is 19.7 Å². The highest BCUT2D eigenvalue weighted by Gasteiger charge is 2.26. The first-order valence-electron chi connectivity index (χ1n) is 7.64. The second kappa shape index (κ2) is 8.93. The van der Waals surface area contributed by atoms with Crippen LogP contribution < -0.4 is 0 Å². The molecule has 102 valence electrons. The Balaban J connectivity index is 2.41. The molecule has 0 saturated heterocycles. The lowest BCUT2D eigenvalue weighted by Gasteiger charge is -2.38. The molecule has 0 radical (unpaired) electrons. The number of rotatable bonds is 8. The van der Waals surface area contributed by atoms with Crippen LogP contribution in [0.5, 0.6) is 0 Å². The maximum Gasteiger partial charge on any atom is 0.0431 e. The second-order valence-electron chi connectivity index (χ2n) is 5.65. The molecule has 1 aliphatic rings. The number of unbranched alkanes of at least 4 members (excludes halogenated alkanes) is 2. The first kappa shape index (κ1) is 15.0. The van der Waals surface area contributed by atoms with Crippen molar-refractivity contribution in [3.8, 4) is 0 Å². The van der Waals surface area contributed by atoms with Crippen LogP contribution in [0.15, 0.2) is 0 Å². The van der Waals surface area contributed by atoms with E-state index >= 15 is 0 Å². The molecule has 1 saturated carbocycles. The van der Waals surface area contributed by atoms with E-state index in [0.29, 0.717) is 6.61 Å². The maximum atomic E-state index is 8.90. The van der Waals surface area contributed by atoms with E-state index in [4.69, 9.17) is 5.11 Å². The van der Waals surface area contributed by atoms with Crippen molar-refractivity contribution >= 4 is 0 Å². The predicted octanol–water partition coefficient (Wildman–Crippen LogP) is 3.44. The average Bonchev–Trinajstić information content (AvgIpc) is 2.35. The lowest BCUT2D eigenvalue weighted by Crippen LogP contribution is -2.42. The fraction of sp³-hybridized carbons (Fsp3) is 1.00. The van der Waals surface area contributed by atoms with Gasteiger partial charge in [0.05, 0.1) is 0 Å². The van der Waals surface area contributed by atoms with E-state index < -0.39 is 0 Å². The van der Waals surface area contributed by atoms with E-state index in [9.17, 15) is 0 Å². The normalized spacial score (nSPS) is 25.4. The highest BCUT2D eigenvalue weighted by molar-refractivity contribution is 4.81. The molecule has 0 aliphatic heterocycles. The second-order valence-corrected chi connectivity index (χ2v) is 5.65. The zero-order valence-corrected chi connectivity index (χ0v) is 11.8. The van der Waals surface area contributed by atoms with Gasteiger partial charge >= 0.3 is 0 Å². The van der Waals surface area contributed by atoms with Gasteiger partial charge in [-0.3, -0.25) is 0 Å². The Kier molecular flexibility index (Phi) is 7.87. The molecule has 0 aromatic rings. The summed E-state index contributed by atoms with van der Waals surface area (Å²) in [6.07, 6.45) is 10.4. The lowest BCUT2D eigenvalue weighted by atomic mass is 9.84. The minimum Gasteiger partial charge on any atom is -0.396 e. The largest absolute Gasteiger partial charge is 0.396 e. The Bertz CT molecular complexity index is 184. The molecule has 1 aliphatic carbocycles. The molecule has 0 bridgehead atoms. The van der Waals surface area contributed by atoms with Crippen LogP contribution in [-0.4, -0.2) is 35.7 Å². The summed E-state index contributed by atoms with van der Waals surface area (Å²) in [5.41, 5.74) is 0. The third-order valence-electron chi connectivity index (χ3n) is 4.19. The van der Waals surface area contributed by atoms with Crippen molar-refractivity contribution in [2.45, 2.75) is 71.3 Å². The van der Waals surface area contributed by atoms with Crippen LogP contribution in [-0.2, 0) is 0 Å². The van der Waals surface area contributed by atoms with Gasteiger partial charge in [-0.15, -0.1) is 0 Å². The average molecular weight is 241 g/mol. The van der Waals surface area contributed by atoms with Gasteiger partial charge in [0.1, 0.15) is 0 Å². The van der Waals surface area contributed by atoms with Gasteiger partial charge in [-0.25, -0.2) is 0 Å². The van der Waals surface area contributed by atoms with Gasteiger partial charge in [-0.05, 0) is 51.1 Å². The molecule has 0 amide bonds. The Morgan fingerprint density at radius 1 is 1.06 bits per heavy atom. The smallest absolute Gasteiger partial charge is 0.0431 e. The summed E-state index contributed by atoms with van der Waals surface area (Å²) in [6.45, 7) is 7.50. The predicted molar refractivity (Wildman–Crippen MR) is 74.2 cm³/mol. The van der Waals surface area contributed by atoms with E-state index in [1.165, 1.54) is 51.6 Å². The van der Waals surface area contributed by atoms with Crippen molar-refractivity contribution in [3.05, 3.63) is 0 Å². The molecule has 17 heavy (non-hydrogen) atoms. The molecule has 0 aromatic carbocycles. The summed E-state index contributed by atoms with van der Waals surface area (Å²) in [5.74, 6) is 0.870. The summed E-state index contributed by atoms with van der Waals surface area (Å²) in [4.78, 5) is 2.71. The van der Waals surface area contributed by atoms with E-state index in [-0.39, 0.29) is 0 Å². The Labute approximate surface area is 107 Å². The summed E-state index contributed by atoms with van der Waals surface area (Å²) in [5, 5.41) is 8.90. The molecule has 2 atom stereocenters. The van der Waals surface area contributed by atoms with Crippen LogP contribution >= 0.6 is 0 Å². The number of aliphatic hydroxyl groups excluding tert-OH is 1. The fourth-order valence-corrected chi connectivity index (χ4v) is 3.07. The van der Waals surface area contributed by atoms with Crippen molar-refractivity contribution in [3.63, 3.8) is 0 Å². The van der Waals surface area contributed by atoms with Gasteiger partial charge in [0.15, 0.2) is 0 Å². The highest BCUT2D eigenvalue weighted by atomic mass is 16.2. The van der Waals surface area contributed by atoms with Crippen molar-refractivity contribution in [1.29, 1.82) is 0 Å². The summed E-state index contributed by atoms with van der Waals surface area (Å²) in [7, 11) is 0. The SMILES string of the molecule is CCCCN(CCCCO)C1CCCCC1C. The lowest BCUT2D eigenvalue weighted by molar-refractivity contribution is 0.106. The first-order chi connectivity index (χ1) is 8.29. The number of hydrogen-bond acceptors (Lipinski definition) is 2. The number of nitrogens with zero attached hydrogens (tertiary/aromatic N) is 1. The van der Waals surface area contributed by atoms with Gasteiger partial charge in [-0.1, -0.05) is 33.1 Å². The standard InChI is InChI=1S/C15H31NO/c1-3-4-11-16(12-7-8-13-17)15-10-6-5-9-14(15)2/h14-15,17H,3-13H2,1-2H3. The van der Waals surface area contributed by atoms with Crippen molar-refractivity contribution in [2.24, 2.45) is 5.92 Å². The zero-order valence-electron chi connectivity index (χ0n) is 11.8. The van der Waals surface area contributed by atoms with Crippen LogP contribution in [0.1, 0.15) is 65.2 Å². The number of hydrogen-bond donors (Lipinski definition) is 1. The van der Waals surface area contributed by atoms with Gasteiger partial charge in [-0.2, -0.15) is 0 Å². The minimum absolute atomic E-state index is 0.349. The van der Waals surface area contributed by atoms with Crippen molar-refractivity contribution < 1.29 is 5.11 Å². The van der Waals surface area contributed by atoms with E-state index in [2.05, 4.69) is 18.7 Å². The topological polar surface area (TPSA) is 23.5 Å². The van der Waals surface area contributed by atoms with E-state index in [1.807, 2.05) is 0 Å². The van der Waals surface area contributed by atoms with E-state index in [0.717, 1.165) is 24.8 Å². The molecule has 0 aromatic heterocycles. The summed E-state index contributed by atoms with van der Waals surface area (Å²) >= 11 is 0. The minimum atomic E-state index is 0.349. The fourth-order valence-electron chi connectivity index (χ4n) is 3.07. The third-order valence-corrected chi connectivity index (χ3v) is 4.19. The molecular formula is C15H31NO. The molecule has 2 nitrogen and oxygen atoms in total. The van der Waals surface area contributed by atoms with E-state index in [1.54, 1.807) is 0 Å². The quantitative estimate of drug-likeness (QED) is 0.658. The first-order valence-corrected chi connectivity index (χ1v) is 7.64. The zero-order chi connectivity index (χ0) is 12.5. The van der Waals surface area contributed by atoms with Crippen LogP contribution in [0.4, 0.5) is 0 Å². The maximum absolute atomic E-state index is 8.90.